The average molecular weight is 553 g/mol. The number of hydrogen-bond acceptors (Lipinski definition) is 4. The number of halogens is 7. The smallest absolute Gasteiger partial charge is 0.407 e. The number of H-pyrrole nitrogens is 1. The molecule has 0 unspecified atom stereocenters. The minimum absolute atomic E-state index is 0.00117. The van der Waals surface area contributed by atoms with Gasteiger partial charge in [-0.05, 0) is 42.3 Å². The van der Waals surface area contributed by atoms with Gasteiger partial charge in [-0.2, -0.15) is 31.4 Å². The Balaban J connectivity index is 1.87. The van der Waals surface area contributed by atoms with Gasteiger partial charge in [0.15, 0.2) is 5.75 Å². The first kappa shape index (κ1) is 27.0. The first-order valence-corrected chi connectivity index (χ1v) is 10.6. The fraction of sp³-hybridized carbons (Fsp3) is 0.125. The summed E-state index contributed by atoms with van der Waals surface area (Å²) in [6.07, 6.45) is -7.59. The van der Waals surface area contributed by atoms with Crippen molar-refractivity contribution in [2.75, 3.05) is 11.9 Å². The minimum Gasteiger partial charge on any atom is -0.407 e. The lowest BCUT2D eigenvalue weighted by Gasteiger charge is -2.22. The lowest BCUT2D eigenvalue weighted by atomic mass is 10.1. The Kier molecular flexibility index (Phi) is 6.97. The molecule has 0 aliphatic rings. The molecule has 0 atom stereocenters. The Morgan fingerprint density at radius 2 is 1.74 bits per heavy atom. The van der Waals surface area contributed by atoms with E-state index in [1.54, 1.807) is 0 Å². The van der Waals surface area contributed by atoms with Crippen LogP contribution in [0.4, 0.5) is 41.2 Å². The molecular formula is C24H14F7N5O3. The molecule has 8 nitrogen and oxygen atoms in total. The van der Waals surface area contributed by atoms with E-state index in [0.717, 1.165) is 43.7 Å². The number of benzene rings is 2. The van der Waals surface area contributed by atoms with E-state index in [4.69, 9.17) is 4.74 Å². The van der Waals surface area contributed by atoms with Crippen LogP contribution in [0.3, 0.4) is 0 Å². The van der Waals surface area contributed by atoms with Gasteiger partial charge in [-0.15, -0.1) is 0 Å². The van der Waals surface area contributed by atoms with Crippen LogP contribution in [-0.2, 0) is 12.4 Å². The number of carbonyl (C=O) groups excluding carboxylic acids is 1. The van der Waals surface area contributed by atoms with Crippen LogP contribution < -0.4 is 15.3 Å². The molecule has 4 aromatic rings. The summed E-state index contributed by atoms with van der Waals surface area (Å²) in [4.78, 5) is 26.4. The Hall–Kier alpha value is -5.00. The Bertz CT molecular complexity index is 1620. The van der Waals surface area contributed by atoms with Crippen molar-refractivity contribution in [2.45, 2.75) is 12.4 Å². The molecule has 0 saturated heterocycles. The van der Waals surface area contributed by atoms with Crippen molar-refractivity contribution in [3.8, 4) is 23.4 Å². The van der Waals surface area contributed by atoms with E-state index in [1.165, 1.54) is 12.4 Å². The fourth-order valence-electron chi connectivity index (χ4n) is 3.29. The summed E-state index contributed by atoms with van der Waals surface area (Å²) in [5.74, 6) is 0.503. The summed E-state index contributed by atoms with van der Waals surface area (Å²) in [5, 5.41) is 6.12. The van der Waals surface area contributed by atoms with Crippen molar-refractivity contribution < 1.29 is 40.3 Å². The number of amides is 1. The van der Waals surface area contributed by atoms with Crippen LogP contribution in [0.15, 0.2) is 66.0 Å². The van der Waals surface area contributed by atoms with Crippen LogP contribution in [-0.4, -0.2) is 32.5 Å². The molecule has 0 aliphatic carbocycles. The van der Waals surface area contributed by atoms with E-state index in [1.807, 2.05) is 0 Å². The number of carbonyl (C=O) groups is 1. The highest BCUT2D eigenvalue weighted by molar-refractivity contribution is 5.89. The molecule has 0 fully saturated rings. The molecule has 0 saturated carbocycles. The van der Waals surface area contributed by atoms with Gasteiger partial charge in [0, 0.05) is 37.4 Å². The normalized spacial score (nSPS) is 11.6. The molecule has 1 N–H and O–H groups in total. The lowest BCUT2D eigenvalue weighted by molar-refractivity contribution is -0.143. The van der Waals surface area contributed by atoms with Crippen molar-refractivity contribution in [1.29, 1.82) is 0 Å². The van der Waals surface area contributed by atoms with Crippen molar-refractivity contribution in [3.05, 3.63) is 94.2 Å². The third kappa shape index (κ3) is 5.79. The molecule has 1 amide bonds. The van der Waals surface area contributed by atoms with E-state index in [0.29, 0.717) is 19.6 Å². The zero-order valence-electron chi connectivity index (χ0n) is 19.4. The van der Waals surface area contributed by atoms with Crippen molar-refractivity contribution in [3.63, 3.8) is 0 Å². The van der Waals surface area contributed by atoms with Crippen LogP contribution in [0.2, 0.25) is 0 Å². The summed E-state index contributed by atoms with van der Waals surface area (Å²) in [6, 6.07) is 6.58. The molecule has 0 radical (unpaired) electrons. The average Bonchev–Trinajstić information content (AvgIpc) is 3.51. The molecule has 39 heavy (non-hydrogen) atoms. The minimum atomic E-state index is -5.44. The van der Waals surface area contributed by atoms with Gasteiger partial charge >= 0.3 is 24.1 Å². The third-order valence-corrected chi connectivity index (χ3v) is 5.23. The Morgan fingerprint density at radius 1 is 1.05 bits per heavy atom. The second-order valence-electron chi connectivity index (χ2n) is 7.82. The highest BCUT2D eigenvalue weighted by atomic mass is 19.4. The molecule has 202 valence electrons. The van der Waals surface area contributed by atoms with E-state index in [2.05, 4.69) is 22.2 Å². The van der Waals surface area contributed by atoms with Gasteiger partial charge in [0.2, 0.25) is 0 Å². The number of imidazole rings is 1. The predicted octanol–water partition coefficient (Wildman–Crippen LogP) is 5.03. The summed E-state index contributed by atoms with van der Waals surface area (Å²) >= 11 is 0. The topological polar surface area (TPSA) is 85.2 Å². The second-order valence-corrected chi connectivity index (χ2v) is 7.82. The summed E-state index contributed by atoms with van der Waals surface area (Å²) in [6.45, 7) is 0. The second kappa shape index (κ2) is 10.0. The standard InChI is InChI=1S/C24H14F7N5O3/c1-34(17-4-2-16(25)3-5-17)22(38)39-20-18(24(29,30)31)10-15(23(26,27)28)11-19(20)36-9-8-35(21(36)37)7-6-14-12-32-33-13-14/h2-5,8-13H,1H3,(H,32,33). The molecule has 2 aromatic carbocycles. The van der Waals surface area contributed by atoms with Crippen molar-refractivity contribution in [1.82, 2.24) is 19.3 Å². The SMILES string of the molecule is CN(C(=O)Oc1c(-n2ccn(C#Cc3cn[nH]c3)c2=O)cc(C(F)(F)F)cc1C(F)(F)F)c1ccc(F)cc1. The van der Waals surface area contributed by atoms with Gasteiger partial charge in [-0.1, -0.05) is 0 Å². The molecular weight excluding hydrogens is 539 g/mol. The van der Waals surface area contributed by atoms with Crippen LogP contribution in [0.5, 0.6) is 5.75 Å². The highest BCUT2D eigenvalue weighted by Crippen LogP contribution is 2.44. The summed E-state index contributed by atoms with van der Waals surface area (Å²) < 4.78 is 102. The molecule has 2 aromatic heterocycles. The Morgan fingerprint density at radius 3 is 2.33 bits per heavy atom. The monoisotopic (exact) mass is 553 g/mol. The number of rotatable bonds is 3. The van der Waals surface area contributed by atoms with Crippen LogP contribution in [0.1, 0.15) is 16.7 Å². The molecule has 2 heterocycles. The number of aromatic amines is 1. The lowest BCUT2D eigenvalue weighted by Crippen LogP contribution is -2.31. The van der Waals surface area contributed by atoms with E-state index in [9.17, 15) is 40.3 Å². The number of nitrogens with one attached hydrogen (secondary N) is 1. The molecule has 0 spiro atoms. The van der Waals surface area contributed by atoms with Gasteiger partial charge < -0.3 is 4.74 Å². The summed E-state index contributed by atoms with van der Waals surface area (Å²) in [7, 11) is 1.08. The maximum atomic E-state index is 14.0. The maximum Gasteiger partial charge on any atom is 0.420 e. The number of alkyl halides is 6. The summed E-state index contributed by atoms with van der Waals surface area (Å²) in [5.41, 5.74) is -5.54. The molecule has 0 bridgehead atoms. The number of hydrogen-bond donors (Lipinski definition) is 1. The maximum absolute atomic E-state index is 14.0. The third-order valence-electron chi connectivity index (χ3n) is 5.23. The zero-order valence-corrected chi connectivity index (χ0v) is 19.4. The van der Waals surface area contributed by atoms with Crippen molar-refractivity contribution in [2.24, 2.45) is 0 Å². The van der Waals surface area contributed by atoms with E-state index >= 15 is 0 Å². The fourth-order valence-corrected chi connectivity index (χ4v) is 3.29. The first-order chi connectivity index (χ1) is 18.3. The Labute approximate surface area is 213 Å². The van der Waals surface area contributed by atoms with Gasteiger partial charge in [0.1, 0.15) is 11.4 Å². The van der Waals surface area contributed by atoms with Crippen molar-refractivity contribution >= 4 is 11.8 Å². The highest BCUT2D eigenvalue weighted by Gasteiger charge is 2.42. The largest absolute Gasteiger partial charge is 0.420 e. The van der Waals surface area contributed by atoms with Crippen LogP contribution >= 0.6 is 0 Å². The predicted molar refractivity (Wildman–Crippen MR) is 122 cm³/mol. The van der Waals surface area contributed by atoms with E-state index < -0.39 is 52.5 Å². The zero-order chi connectivity index (χ0) is 28.5. The molecule has 0 aliphatic heterocycles. The van der Waals surface area contributed by atoms with E-state index in [-0.39, 0.29) is 17.8 Å². The molecule has 4 rings (SSSR count). The van der Waals surface area contributed by atoms with Gasteiger partial charge in [-0.25, -0.2) is 18.5 Å². The number of anilines is 1. The number of aromatic nitrogens is 4. The quantitative estimate of drug-likeness (QED) is 0.285. The van der Waals surface area contributed by atoms with Gasteiger partial charge in [0.05, 0.1) is 23.0 Å². The van der Waals surface area contributed by atoms with Crippen LogP contribution in [0.25, 0.3) is 5.69 Å². The molecule has 15 heteroatoms. The van der Waals surface area contributed by atoms with Gasteiger partial charge in [0.25, 0.3) is 0 Å². The number of nitrogens with zero attached hydrogens (tertiary/aromatic N) is 4. The van der Waals surface area contributed by atoms with Crippen LogP contribution in [0, 0.1) is 17.8 Å². The number of ether oxygens (including phenoxy) is 1. The van der Waals surface area contributed by atoms with Gasteiger partial charge in [-0.3, -0.25) is 14.6 Å². The first-order valence-electron chi connectivity index (χ1n) is 10.6.